The monoisotopic (exact) mass is 387 g/mol. The summed E-state index contributed by atoms with van der Waals surface area (Å²) in [5, 5.41) is 7.28. The van der Waals surface area contributed by atoms with E-state index in [1.807, 2.05) is 31.2 Å². The lowest BCUT2D eigenvalue weighted by Crippen LogP contribution is -2.17. The molecule has 2 aromatic carbocycles. The molecule has 0 atom stereocenters. The number of hydrogen-bond donors (Lipinski definition) is 1. The van der Waals surface area contributed by atoms with Gasteiger partial charge in [0.05, 0.1) is 5.69 Å². The van der Waals surface area contributed by atoms with Crippen LogP contribution in [0.5, 0.6) is 0 Å². The molecule has 1 heterocycles. The number of benzene rings is 2. The van der Waals surface area contributed by atoms with Crippen molar-refractivity contribution in [1.82, 2.24) is 9.78 Å². The quantitative estimate of drug-likeness (QED) is 0.703. The third-order valence-electron chi connectivity index (χ3n) is 3.55. The van der Waals surface area contributed by atoms with Crippen LogP contribution in [0.2, 0.25) is 0 Å². The zero-order valence-electron chi connectivity index (χ0n) is 13.0. The van der Waals surface area contributed by atoms with Crippen LogP contribution in [-0.4, -0.2) is 15.7 Å². The van der Waals surface area contributed by atoms with E-state index in [1.165, 1.54) is 12.1 Å². The molecule has 0 fully saturated rings. The smallest absolute Gasteiger partial charge is 0.273 e. The average Bonchev–Trinajstić information content (AvgIpc) is 3.02. The zero-order chi connectivity index (χ0) is 17.1. The van der Waals surface area contributed by atoms with Crippen molar-refractivity contribution in [2.24, 2.45) is 0 Å². The van der Waals surface area contributed by atoms with Gasteiger partial charge >= 0.3 is 0 Å². The topological polar surface area (TPSA) is 46.9 Å². The van der Waals surface area contributed by atoms with Crippen LogP contribution in [-0.2, 0) is 6.54 Å². The standard InChI is InChI=1S/C18H15BrFN3O/c1-2-23-17(18(24)21-15-9-5-13(19)6-10-15)11-16(22-23)12-3-7-14(20)8-4-12/h3-11H,2H2,1H3,(H,21,24). The fraction of sp³-hybridized carbons (Fsp3) is 0.111. The van der Waals surface area contributed by atoms with Gasteiger partial charge in [-0.2, -0.15) is 5.10 Å². The highest BCUT2D eigenvalue weighted by atomic mass is 79.9. The molecule has 6 heteroatoms. The van der Waals surface area contributed by atoms with E-state index in [2.05, 4.69) is 26.3 Å². The minimum absolute atomic E-state index is 0.236. The Morgan fingerprint density at radius 1 is 1.17 bits per heavy atom. The van der Waals surface area contributed by atoms with Gasteiger partial charge in [0.15, 0.2) is 0 Å². The first-order valence-corrected chi connectivity index (χ1v) is 8.27. The molecule has 4 nitrogen and oxygen atoms in total. The van der Waals surface area contributed by atoms with Crippen molar-refractivity contribution in [3.63, 3.8) is 0 Å². The Morgan fingerprint density at radius 2 is 1.83 bits per heavy atom. The number of anilines is 1. The Bertz CT molecular complexity index is 857. The van der Waals surface area contributed by atoms with Crippen molar-refractivity contribution in [3.8, 4) is 11.3 Å². The number of rotatable bonds is 4. The molecule has 0 aliphatic carbocycles. The highest BCUT2D eigenvalue weighted by Crippen LogP contribution is 2.21. The predicted molar refractivity (Wildman–Crippen MR) is 95.4 cm³/mol. The Kier molecular flexibility index (Phi) is 4.76. The van der Waals surface area contributed by atoms with Crippen LogP contribution in [0.15, 0.2) is 59.1 Å². The number of carbonyl (C=O) groups excluding carboxylic acids is 1. The molecule has 3 rings (SSSR count). The summed E-state index contributed by atoms with van der Waals surface area (Å²) in [6, 6.07) is 15.1. The van der Waals surface area contributed by atoms with Gasteiger partial charge in [-0.15, -0.1) is 0 Å². The molecule has 0 radical (unpaired) electrons. The summed E-state index contributed by atoms with van der Waals surface area (Å²) in [5.74, 6) is -0.540. The van der Waals surface area contributed by atoms with Crippen LogP contribution in [0.1, 0.15) is 17.4 Å². The molecule has 0 saturated heterocycles. The lowest BCUT2D eigenvalue weighted by molar-refractivity contribution is 0.101. The molecule has 122 valence electrons. The largest absolute Gasteiger partial charge is 0.321 e. The number of carbonyl (C=O) groups is 1. The van der Waals surface area contributed by atoms with Crippen molar-refractivity contribution >= 4 is 27.5 Å². The third kappa shape index (κ3) is 3.54. The van der Waals surface area contributed by atoms with E-state index < -0.39 is 0 Å². The molecule has 1 amide bonds. The van der Waals surface area contributed by atoms with E-state index in [9.17, 15) is 9.18 Å². The van der Waals surface area contributed by atoms with E-state index in [4.69, 9.17) is 0 Å². The Morgan fingerprint density at radius 3 is 2.46 bits per heavy atom. The Hall–Kier alpha value is -2.47. The SMILES string of the molecule is CCn1nc(-c2ccc(F)cc2)cc1C(=O)Nc1ccc(Br)cc1. The first-order valence-electron chi connectivity index (χ1n) is 7.47. The van der Waals surface area contributed by atoms with Crippen LogP contribution in [0.4, 0.5) is 10.1 Å². The van der Waals surface area contributed by atoms with Crippen molar-refractivity contribution in [2.75, 3.05) is 5.32 Å². The van der Waals surface area contributed by atoms with E-state index in [0.717, 1.165) is 10.0 Å². The van der Waals surface area contributed by atoms with Crippen LogP contribution >= 0.6 is 15.9 Å². The van der Waals surface area contributed by atoms with Crippen LogP contribution in [0, 0.1) is 5.82 Å². The molecule has 1 aromatic heterocycles. The third-order valence-corrected chi connectivity index (χ3v) is 4.08. The second kappa shape index (κ2) is 6.97. The number of aryl methyl sites for hydroxylation is 1. The first kappa shape index (κ1) is 16.4. The second-order valence-corrected chi connectivity index (χ2v) is 6.11. The minimum atomic E-state index is -0.304. The molecule has 24 heavy (non-hydrogen) atoms. The zero-order valence-corrected chi connectivity index (χ0v) is 14.5. The highest BCUT2D eigenvalue weighted by molar-refractivity contribution is 9.10. The lowest BCUT2D eigenvalue weighted by atomic mass is 10.1. The molecule has 0 unspecified atom stereocenters. The summed E-state index contributed by atoms with van der Waals surface area (Å²) in [5.41, 5.74) is 2.56. The van der Waals surface area contributed by atoms with Gasteiger partial charge in [-0.1, -0.05) is 15.9 Å². The van der Waals surface area contributed by atoms with Crippen molar-refractivity contribution < 1.29 is 9.18 Å². The summed E-state index contributed by atoms with van der Waals surface area (Å²) in [6.45, 7) is 2.47. The van der Waals surface area contributed by atoms with Crippen molar-refractivity contribution in [3.05, 3.63) is 70.6 Å². The number of aromatic nitrogens is 2. The number of nitrogens with zero attached hydrogens (tertiary/aromatic N) is 2. The number of nitrogens with one attached hydrogen (secondary N) is 1. The highest BCUT2D eigenvalue weighted by Gasteiger charge is 2.15. The molecular formula is C18H15BrFN3O. The maximum atomic E-state index is 13.1. The van der Waals surface area contributed by atoms with Gasteiger partial charge < -0.3 is 5.32 Å². The first-order chi connectivity index (χ1) is 11.6. The lowest BCUT2D eigenvalue weighted by Gasteiger charge is -2.06. The Balaban J connectivity index is 1.88. The van der Waals surface area contributed by atoms with Gasteiger partial charge in [-0.05, 0) is 61.5 Å². The summed E-state index contributed by atoms with van der Waals surface area (Å²) < 4.78 is 15.6. The summed E-state index contributed by atoms with van der Waals surface area (Å²) in [4.78, 5) is 12.5. The van der Waals surface area contributed by atoms with Crippen molar-refractivity contribution in [1.29, 1.82) is 0 Å². The van der Waals surface area contributed by atoms with E-state index in [-0.39, 0.29) is 11.7 Å². The van der Waals surface area contributed by atoms with Gasteiger partial charge in [0.2, 0.25) is 0 Å². The van der Waals surface area contributed by atoms with E-state index in [0.29, 0.717) is 23.6 Å². The van der Waals surface area contributed by atoms with E-state index in [1.54, 1.807) is 22.9 Å². The molecular weight excluding hydrogens is 373 g/mol. The second-order valence-electron chi connectivity index (χ2n) is 5.20. The van der Waals surface area contributed by atoms with Crippen LogP contribution < -0.4 is 5.32 Å². The molecule has 0 saturated carbocycles. The van der Waals surface area contributed by atoms with Gasteiger partial charge in [0.1, 0.15) is 11.5 Å². The molecule has 0 bridgehead atoms. The van der Waals surface area contributed by atoms with E-state index >= 15 is 0 Å². The average molecular weight is 388 g/mol. The molecule has 0 aliphatic rings. The maximum Gasteiger partial charge on any atom is 0.273 e. The summed E-state index contributed by atoms with van der Waals surface area (Å²) >= 11 is 3.36. The Labute approximate surface area is 147 Å². The summed E-state index contributed by atoms with van der Waals surface area (Å²) in [7, 11) is 0. The molecule has 3 aromatic rings. The molecule has 0 spiro atoms. The predicted octanol–water partition coefficient (Wildman–Crippen LogP) is 4.72. The minimum Gasteiger partial charge on any atom is -0.321 e. The fourth-order valence-corrected chi connectivity index (χ4v) is 2.60. The fourth-order valence-electron chi connectivity index (χ4n) is 2.33. The van der Waals surface area contributed by atoms with Gasteiger partial charge in [0, 0.05) is 22.3 Å². The van der Waals surface area contributed by atoms with Crippen LogP contribution in [0.25, 0.3) is 11.3 Å². The van der Waals surface area contributed by atoms with Crippen LogP contribution in [0.3, 0.4) is 0 Å². The number of amides is 1. The van der Waals surface area contributed by atoms with Gasteiger partial charge in [0.25, 0.3) is 5.91 Å². The summed E-state index contributed by atoms with van der Waals surface area (Å²) in [6.07, 6.45) is 0. The number of halogens is 2. The van der Waals surface area contributed by atoms with Gasteiger partial charge in [-0.25, -0.2) is 4.39 Å². The number of hydrogen-bond acceptors (Lipinski definition) is 2. The molecule has 1 N–H and O–H groups in total. The van der Waals surface area contributed by atoms with Crippen molar-refractivity contribution in [2.45, 2.75) is 13.5 Å². The maximum absolute atomic E-state index is 13.1. The normalized spacial score (nSPS) is 10.6. The molecule has 0 aliphatic heterocycles. The van der Waals surface area contributed by atoms with Gasteiger partial charge in [-0.3, -0.25) is 9.48 Å².